The first-order valence-electron chi connectivity index (χ1n) is 8.10. The van der Waals surface area contributed by atoms with Crippen molar-refractivity contribution in [1.82, 2.24) is 15.2 Å². The Balaban J connectivity index is 1.83. The van der Waals surface area contributed by atoms with Gasteiger partial charge in [-0.2, -0.15) is 0 Å². The normalized spacial score (nSPS) is 23.1. The molecule has 1 aromatic heterocycles. The van der Waals surface area contributed by atoms with E-state index in [2.05, 4.69) is 35.2 Å². The Labute approximate surface area is 123 Å². The number of nitrogens with one attached hydrogen (secondary N) is 1. The summed E-state index contributed by atoms with van der Waals surface area (Å²) >= 11 is 0. The van der Waals surface area contributed by atoms with Gasteiger partial charge >= 0.3 is 0 Å². The quantitative estimate of drug-likeness (QED) is 0.829. The second kappa shape index (κ2) is 8.38. The second-order valence-corrected chi connectivity index (χ2v) is 6.16. The molecule has 1 heterocycles. The van der Waals surface area contributed by atoms with Gasteiger partial charge < -0.3 is 10.2 Å². The van der Waals surface area contributed by atoms with Gasteiger partial charge in [0.2, 0.25) is 0 Å². The van der Waals surface area contributed by atoms with Crippen LogP contribution in [0.25, 0.3) is 0 Å². The van der Waals surface area contributed by atoms with Crippen LogP contribution in [0.1, 0.15) is 44.6 Å². The molecule has 0 spiro atoms. The molecule has 1 aliphatic rings. The third kappa shape index (κ3) is 4.88. The van der Waals surface area contributed by atoms with Crippen LogP contribution in [0.5, 0.6) is 0 Å². The molecule has 0 bridgehead atoms. The highest BCUT2D eigenvalue weighted by atomic mass is 15.1. The zero-order chi connectivity index (χ0) is 14.2. The van der Waals surface area contributed by atoms with Crippen molar-refractivity contribution in [3.63, 3.8) is 0 Å². The van der Waals surface area contributed by atoms with Gasteiger partial charge in [0.1, 0.15) is 0 Å². The van der Waals surface area contributed by atoms with E-state index in [1.807, 2.05) is 18.5 Å². The maximum atomic E-state index is 4.20. The van der Waals surface area contributed by atoms with Gasteiger partial charge in [-0.1, -0.05) is 25.8 Å². The molecule has 0 aliphatic heterocycles. The Kier molecular flexibility index (Phi) is 6.48. The van der Waals surface area contributed by atoms with Crippen molar-refractivity contribution < 1.29 is 0 Å². The largest absolute Gasteiger partial charge is 0.314 e. The number of aromatic nitrogens is 1. The van der Waals surface area contributed by atoms with E-state index in [0.717, 1.165) is 25.0 Å². The molecule has 1 fully saturated rings. The van der Waals surface area contributed by atoms with Crippen LogP contribution in [0.4, 0.5) is 0 Å². The van der Waals surface area contributed by atoms with Gasteiger partial charge in [-0.3, -0.25) is 4.98 Å². The number of pyridine rings is 1. The smallest absolute Gasteiger partial charge is 0.0312 e. The molecule has 1 aliphatic carbocycles. The molecule has 20 heavy (non-hydrogen) atoms. The summed E-state index contributed by atoms with van der Waals surface area (Å²) in [6, 6.07) is 4.91. The van der Waals surface area contributed by atoms with E-state index in [4.69, 9.17) is 0 Å². The van der Waals surface area contributed by atoms with E-state index in [1.54, 1.807) is 0 Å². The zero-order valence-electron chi connectivity index (χ0n) is 13.0. The first-order chi connectivity index (χ1) is 9.79. The molecular formula is C17H29N3. The van der Waals surface area contributed by atoms with Gasteiger partial charge in [0.25, 0.3) is 0 Å². The molecule has 0 amide bonds. The number of nitrogens with zero attached hydrogens (tertiary/aromatic N) is 2. The summed E-state index contributed by atoms with van der Waals surface area (Å²) in [6.07, 6.45) is 10.6. The van der Waals surface area contributed by atoms with Gasteiger partial charge in [0.05, 0.1) is 0 Å². The summed E-state index contributed by atoms with van der Waals surface area (Å²) in [6.45, 7) is 5.61. The van der Waals surface area contributed by atoms with Crippen LogP contribution in [0.3, 0.4) is 0 Å². The average molecular weight is 275 g/mol. The molecule has 2 unspecified atom stereocenters. The highest BCUT2D eigenvalue weighted by Crippen LogP contribution is 2.25. The SMILES string of the molecule is CCCNC1CCCCC1CN(C)Cc1cccnc1. The van der Waals surface area contributed by atoms with E-state index in [9.17, 15) is 0 Å². The summed E-state index contributed by atoms with van der Waals surface area (Å²) < 4.78 is 0. The number of hydrogen-bond donors (Lipinski definition) is 1. The number of hydrogen-bond acceptors (Lipinski definition) is 3. The van der Waals surface area contributed by atoms with Crippen LogP contribution in [0, 0.1) is 5.92 Å². The lowest BCUT2D eigenvalue weighted by atomic mass is 9.84. The average Bonchev–Trinajstić information content (AvgIpc) is 2.47. The maximum absolute atomic E-state index is 4.20. The van der Waals surface area contributed by atoms with Crippen LogP contribution in [-0.2, 0) is 6.54 Å². The topological polar surface area (TPSA) is 28.2 Å². The van der Waals surface area contributed by atoms with Gasteiger partial charge in [0.15, 0.2) is 0 Å². The molecule has 1 aromatic rings. The highest BCUT2D eigenvalue weighted by Gasteiger charge is 2.25. The molecule has 2 rings (SSSR count). The summed E-state index contributed by atoms with van der Waals surface area (Å²) in [7, 11) is 2.23. The Morgan fingerprint density at radius 3 is 2.95 bits per heavy atom. The van der Waals surface area contributed by atoms with Gasteiger partial charge in [-0.05, 0) is 50.4 Å². The molecule has 0 aromatic carbocycles. The lowest BCUT2D eigenvalue weighted by Gasteiger charge is -2.35. The van der Waals surface area contributed by atoms with Crippen LogP contribution < -0.4 is 5.32 Å². The van der Waals surface area contributed by atoms with E-state index < -0.39 is 0 Å². The van der Waals surface area contributed by atoms with Crippen molar-refractivity contribution in [3.8, 4) is 0 Å². The van der Waals surface area contributed by atoms with E-state index in [0.29, 0.717) is 0 Å². The Hall–Kier alpha value is -0.930. The van der Waals surface area contributed by atoms with Crippen molar-refractivity contribution in [2.75, 3.05) is 20.1 Å². The first kappa shape index (κ1) is 15.5. The van der Waals surface area contributed by atoms with Gasteiger partial charge in [-0.15, -0.1) is 0 Å². The van der Waals surface area contributed by atoms with Crippen LogP contribution >= 0.6 is 0 Å². The van der Waals surface area contributed by atoms with E-state index in [1.165, 1.54) is 44.2 Å². The minimum absolute atomic E-state index is 0.722. The molecule has 0 radical (unpaired) electrons. The molecule has 1 saturated carbocycles. The fourth-order valence-electron chi connectivity index (χ4n) is 3.29. The number of rotatable bonds is 7. The minimum atomic E-state index is 0.722. The molecule has 112 valence electrons. The van der Waals surface area contributed by atoms with Crippen molar-refractivity contribution in [3.05, 3.63) is 30.1 Å². The Bertz CT molecular complexity index is 366. The summed E-state index contributed by atoms with van der Waals surface area (Å²) in [5, 5.41) is 3.75. The summed E-state index contributed by atoms with van der Waals surface area (Å²) in [5.74, 6) is 0.803. The zero-order valence-corrected chi connectivity index (χ0v) is 13.0. The van der Waals surface area contributed by atoms with Crippen LogP contribution in [0.15, 0.2) is 24.5 Å². The molecule has 3 heteroatoms. The Morgan fingerprint density at radius 2 is 2.20 bits per heavy atom. The lowest BCUT2D eigenvalue weighted by Crippen LogP contribution is -2.43. The molecule has 2 atom stereocenters. The molecule has 1 N–H and O–H groups in total. The highest BCUT2D eigenvalue weighted by molar-refractivity contribution is 5.08. The van der Waals surface area contributed by atoms with Crippen molar-refractivity contribution in [2.45, 2.75) is 51.6 Å². The van der Waals surface area contributed by atoms with E-state index >= 15 is 0 Å². The molecular weight excluding hydrogens is 246 g/mol. The van der Waals surface area contributed by atoms with Gasteiger partial charge in [-0.25, -0.2) is 0 Å². The fraction of sp³-hybridized carbons (Fsp3) is 0.706. The second-order valence-electron chi connectivity index (χ2n) is 6.16. The third-order valence-corrected chi connectivity index (χ3v) is 4.29. The monoisotopic (exact) mass is 275 g/mol. The Morgan fingerprint density at radius 1 is 1.35 bits per heavy atom. The summed E-state index contributed by atoms with van der Waals surface area (Å²) in [5.41, 5.74) is 1.31. The van der Waals surface area contributed by atoms with Crippen LogP contribution in [0.2, 0.25) is 0 Å². The first-order valence-corrected chi connectivity index (χ1v) is 8.10. The predicted molar refractivity (Wildman–Crippen MR) is 84.6 cm³/mol. The molecule has 3 nitrogen and oxygen atoms in total. The summed E-state index contributed by atoms with van der Waals surface area (Å²) in [4.78, 5) is 6.65. The predicted octanol–water partition coefficient (Wildman–Crippen LogP) is 3.07. The van der Waals surface area contributed by atoms with E-state index in [-0.39, 0.29) is 0 Å². The third-order valence-electron chi connectivity index (χ3n) is 4.29. The molecule has 0 saturated heterocycles. The lowest BCUT2D eigenvalue weighted by molar-refractivity contribution is 0.185. The van der Waals surface area contributed by atoms with Crippen molar-refractivity contribution >= 4 is 0 Å². The van der Waals surface area contributed by atoms with Crippen LogP contribution in [-0.4, -0.2) is 36.1 Å². The van der Waals surface area contributed by atoms with Crippen molar-refractivity contribution in [2.24, 2.45) is 5.92 Å². The van der Waals surface area contributed by atoms with Crippen molar-refractivity contribution in [1.29, 1.82) is 0 Å². The minimum Gasteiger partial charge on any atom is -0.314 e. The fourth-order valence-corrected chi connectivity index (χ4v) is 3.29. The maximum Gasteiger partial charge on any atom is 0.0312 e. The van der Waals surface area contributed by atoms with Gasteiger partial charge in [0, 0.05) is 31.5 Å². The standard InChI is InChI=1S/C17H29N3/c1-3-10-19-17-9-5-4-8-16(17)14-20(2)13-15-7-6-11-18-12-15/h6-7,11-12,16-17,19H,3-5,8-10,13-14H2,1-2H3.